The van der Waals surface area contributed by atoms with E-state index in [1.807, 2.05) is 31.1 Å². The Morgan fingerprint density at radius 2 is 1.56 bits per heavy atom. The van der Waals surface area contributed by atoms with Crippen molar-refractivity contribution in [3.63, 3.8) is 0 Å². The number of benzene rings is 2. The van der Waals surface area contributed by atoms with Crippen molar-refractivity contribution in [3.8, 4) is 0 Å². The number of carbonyl (C=O) groups excluding carboxylic acids is 2. The third kappa shape index (κ3) is 5.55. The molecule has 0 spiro atoms. The van der Waals surface area contributed by atoms with Crippen LogP contribution < -0.4 is 10.2 Å². The number of anilines is 2. The largest absolute Gasteiger partial charge is 0.449 e. The van der Waals surface area contributed by atoms with E-state index in [-0.39, 0.29) is 10.5 Å². The van der Waals surface area contributed by atoms with Crippen LogP contribution in [0, 0.1) is 0 Å². The van der Waals surface area contributed by atoms with Crippen molar-refractivity contribution in [2.75, 3.05) is 30.6 Å². The molecule has 0 saturated heterocycles. The van der Waals surface area contributed by atoms with E-state index < -0.39 is 27.8 Å². The quantitative estimate of drug-likeness (QED) is 0.761. The van der Waals surface area contributed by atoms with Gasteiger partial charge in [0.1, 0.15) is 0 Å². The fourth-order valence-corrected chi connectivity index (χ4v) is 2.84. The molecule has 27 heavy (non-hydrogen) atoms. The van der Waals surface area contributed by atoms with Crippen LogP contribution in [0.4, 0.5) is 11.4 Å². The van der Waals surface area contributed by atoms with E-state index in [4.69, 9.17) is 4.74 Å². The normalized spacial score (nSPS) is 12.1. The summed E-state index contributed by atoms with van der Waals surface area (Å²) in [6.45, 7) is 1.46. The lowest BCUT2D eigenvalue weighted by Gasteiger charge is -2.15. The second-order valence-corrected chi connectivity index (χ2v) is 8.29. The minimum absolute atomic E-state index is 0.103. The van der Waals surface area contributed by atoms with Crippen LogP contribution in [-0.4, -0.2) is 46.7 Å². The lowest BCUT2D eigenvalue weighted by Crippen LogP contribution is -2.30. The first-order chi connectivity index (χ1) is 12.6. The lowest BCUT2D eigenvalue weighted by molar-refractivity contribution is -0.123. The molecule has 0 heterocycles. The maximum Gasteiger partial charge on any atom is 0.338 e. The smallest absolute Gasteiger partial charge is 0.338 e. The Morgan fingerprint density at radius 1 is 1.00 bits per heavy atom. The van der Waals surface area contributed by atoms with Gasteiger partial charge in [-0.1, -0.05) is 0 Å². The van der Waals surface area contributed by atoms with Gasteiger partial charge in [0.05, 0.1) is 10.5 Å². The Bertz CT molecular complexity index is 920. The van der Waals surface area contributed by atoms with Crippen molar-refractivity contribution in [2.45, 2.75) is 17.9 Å². The summed E-state index contributed by atoms with van der Waals surface area (Å²) in [7, 11) is 0.484. The zero-order valence-corrected chi connectivity index (χ0v) is 16.4. The molecule has 0 aromatic heterocycles. The van der Waals surface area contributed by atoms with Gasteiger partial charge in [-0.2, -0.15) is 0 Å². The Hall–Kier alpha value is -2.87. The van der Waals surface area contributed by atoms with Gasteiger partial charge in [0.25, 0.3) is 5.91 Å². The molecule has 1 N–H and O–H groups in total. The van der Waals surface area contributed by atoms with Crippen molar-refractivity contribution in [3.05, 3.63) is 54.1 Å². The summed E-state index contributed by atoms with van der Waals surface area (Å²) in [6.07, 6.45) is 0.0678. The first-order valence-corrected chi connectivity index (χ1v) is 10.1. The molecule has 0 bridgehead atoms. The molecule has 0 aliphatic heterocycles. The summed E-state index contributed by atoms with van der Waals surface area (Å²) in [6, 6.07) is 12.6. The molecule has 1 unspecified atom stereocenters. The van der Waals surface area contributed by atoms with Crippen LogP contribution in [0.1, 0.15) is 17.3 Å². The number of hydrogen-bond acceptors (Lipinski definition) is 6. The monoisotopic (exact) mass is 390 g/mol. The number of rotatable bonds is 6. The predicted molar refractivity (Wildman–Crippen MR) is 104 cm³/mol. The summed E-state index contributed by atoms with van der Waals surface area (Å²) < 4.78 is 28.0. The van der Waals surface area contributed by atoms with Crippen molar-refractivity contribution >= 4 is 33.1 Å². The van der Waals surface area contributed by atoms with Gasteiger partial charge in [0.2, 0.25) is 0 Å². The van der Waals surface area contributed by atoms with E-state index >= 15 is 0 Å². The van der Waals surface area contributed by atoms with Crippen LogP contribution in [-0.2, 0) is 19.4 Å². The highest BCUT2D eigenvalue weighted by Gasteiger charge is 2.19. The molecule has 144 valence electrons. The van der Waals surface area contributed by atoms with Crippen LogP contribution in [0.5, 0.6) is 0 Å². The minimum Gasteiger partial charge on any atom is -0.449 e. The number of sulfone groups is 1. The van der Waals surface area contributed by atoms with Gasteiger partial charge in [-0.05, 0) is 55.5 Å². The zero-order valence-electron chi connectivity index (χ0n) is 15.6. The summed E-state index contributed by atoms with van der Waals surface area (Å²) in [4.78, 5) is 26.4. The first-order valence-electron chi connectivity index (χ1n) is 8.17. The molecule has 0 aliphatic rings. The van der Waals surface area contributed by atoms with Gasteiger partial charge < -0.3 is 15.0 Å². The van der Waals surface area contributed by atoms with E-state index in [2.05, 4.69) is 5.32 Å². The number of ether oxygens (including phenoxy) is 1. The van der Waals surface area contributed by atoms with Crippen LogP contribution in [0.25, 0.3) is 0 Å². The van der Waals surface area contributed by atoms with E-state index in [1.165, 1.54) is 31.2 Å². The third-order valence-electron chi connectivity index (χ3n) is 3.82. The molecule has 2 aromatic rings. The van der Waals surface area contributed by atoms with Crippen molar-refractivity contribution in [1.82, 2.24) is 0 Å². The zero-order chi connectivity index (χ0) is 20.2. The highest BCUT2D eigenvalue weighted by molar-refractivity contribution is 7.90. The van der Waals surface area contributed by atoms with Gasteiger partial charge in [-0.15, -0.1) is 0 Å². The lowest BCUT2D eigenvalue weighted by atomic mass is 10.2. The first kappa shape index (κ1) is 20.4. The van der Waals surface area contributed by atoms with Crippen LogP contribution >= 0.6 is 0 Å². The summed E-state index contributed by atoms with van der Waals surface area (Å²) in [5.74, 6) is -1.17. The summed E-state index contributed by atoms with van der Waals surface area (Å²) in [5, 5.41) is 2.68. The van der Waals surface area contributed by atoms with Gasteiger partial charge in [-0.3, -0.25) is 4.79 Å². The van der Waals surface area contributed by atoms with Crippen LogP contribution in [0.2, 0.25) is 0 Å². The second-order valence-electron chi connectivity index (χ2n) is 6.27. The molecule has 1 amide bonds. The summed E-state index contributed by atoms with van der Waals surface area (Å²) >= 11 is 0. The Balaban J connectivity index is 1.97. The Morgan fingerprint density at radius 3 is 2.04 bits per heavy atom. The molecule has 2 aromatic carbocycles. The molecule has 2 rings (SSSR count). The molecular weight excluding hydrogens is 368 g/mol. The number of nitrogens with one attached hydrogen (secondary N) is 1. The number of esters is 1. The van der Waals surface area contributed by atoms with Gasteiger partial charge >= 0.3 is 5.97 Å². The van der Waals surface area contributed by atoms with Gasteiger partial charge in [0.15, 0.2) is 15.9 Å². The van der Waals surface area contributed by atoms with Crippen LogP contribution in [0.3, 0.4) is 0 Å². The third-order valence-corrected chi connectivity index (χ3v) is 4.95. The average Bonchev–Trinajstić information content (AvgIpc) is 2.61. The van der Waals surface area contributed by atoms with Gasteiger partial charge in [-0.25, -0.2) is 13.2 Å². The Labute approximate surface area is 158 Å². The number of nitrogens with zero attached hydrogens (tertiary/aromatic N) is 1. The van der Waals surface area contributed by atoms with E-state index in [1.54, 1.807) is 12.1 Å². The maximum absolute atomic E-state index is 12.2. The topological polar surface area (TPSA) is 92.8 Å². The molecule has 0 radical (unpaired) electrons. The van der Waals surface area contributed by atoms with Gasteiger partial charge in [0, 0.05) is 31.7 Å². The Kier molecular flexibility index (Phi) is 6.22. The minimum atomic E-state index is -3.34. The number of hydrogen-bond donors (Lipinski definition) is 1. The SMILES string of the molecule is CC(OC(=O)c1ccc(S(C)(=O)=O)cc1)C(=O)Nc1ccc(N(C)C)cc1. The molecule has 7 nitrogen and oxygen atoms in total. The van der Waals surface area contributed by atoms with E-state index in [0.29, 0.717) is 5.69 Å². The second kappa shape index (κ2) is 8.22. The van der Waals surface area contributed by atoms with Crippen molar-refractivity contribution in [2.24, 2.45) is 0 Å². The average molecular weight is 390 g/mol. The number of carbonyl (C=O) groups is 2. The molecule has 0 saturated carbocycles. The maximum atomic E-state index is 12.2. The molecule has 1 atom stereocenters. The van der Waals surface area contributed by atoms with Crippen molar-refractivity contribution in [1.29, 1.82) is 0 Å². The summed E-state index contributed by atoms with van der Waals surface area (Å²) in [5.41, 5.74) is 1.74. The fourth-order valence-electron chi connectivity index (χ4n) is 2.21. The highest BCUT2D eigenvalue weighted by Crippen LogP contribution is 2.16. The molecule has 0 fully saturated rings. The number of amides is 1. The van der Waals surface area contributed by atoms with Crippen molar-refractivity contribution < 1.29 is 22.7 Å². The molecule has 0 aliphatic carbocycles. The van der Waals surface area contributed by atoms with Crippen LogP contribution in [0.15, 0.2) is 53.4 Å². The molecule has 8 heteroatoms. The fraction of sp³-hybridized carbons (Fsp3) is 0.263. The predicted octanol–water partition coefficient (Wildman–Crippen LogP) is 2.34. The standard InChI is InChI=1S/C19H22N2O5S/c1-13(18(22)20-15-7-9-16(10-8-15)21(2)3)26-19(23)14-5-11-17(12-6-14)27(4,24)25/h5-13H,1-4H3,(H,20,22). The molecular formula is C19H22N2O5S. The van der Waals surface area contributed by atoms with E-state index in [9.17, 15) is 18.0 Å². The highest BCUT2D eigenvalue weighted by atomic mass is 32.2. The van der Waals surface area contributed by atoms with E-state index in [0.717, 1.165) is 11.9 Å².